The molecule has 5 nitrogen and oxygen atoms in total. The zero-order valence-corrected chi connectivity index (χ0v) is 8.43. The second-order valence-electron chi connectivity index (χ2n) is 2.92. The summed E-state index contributed by atoms with van der Waals surface area (Å²) < 4.78 is 0. The lowest BCUT2D eigenvalue weighted by molar-refractivity contribution is -0.383. The normalized spacial score (nSPS) is 10.5. The van der Waals surface area contributed by atoms with E-state index in [1.165, 1.54) is 6.07 Å². The average Bonchev–Trinajstić information content (AvgIpc) is 2.25. The van der Waals surface area contributed by atoms with Crippen LogP contribution in [0.25, 0.3) is 6.08 Å². The largest absolute Gasteiger partial charge is 0.383 e. The molecule has 0 fully saturated rings. The van der Waals surface area contributed by atoms with Crippen LogP contribution in [0, 0.1) is 10.1 Å². The molecule has 0 aliphatic rings. The van der Waals surface area contributed by atoms with Gasteiger partial charge in [-0.3, -0.25) is 10.1 Å². The van der Waals surface area contributed by atoms with E-state index in [-0.39, 0.29) is 5.69 Å². The third-order valence-electron chi connectivity index (χ3n) is 1.93. The summed E-state index contributed by atoms with van der Waals surface area (Å²) in [7, 11) is 1.65. The molecule has 0 unspecified atom stereocenters. The van der Waals surface area contributed by atoms with E-state index in [0.717, 1.165) is 5.56 Å². The molecule has 0 saturated carbocycles. The first-order chi connectivity index (χ1) is 7.19. The Morgan fingerprint density at radius 2 is 2.33 bits per heavy atom. The molecule has 0 aromatic heterocycles. The van der Waals surface area contributed by atoms with Crippen molar-refractivity contribution in [3.05, 3.63) is 40.0 Å². The van der Waals surface area contributed by atoms with E-state index >= 15 is 0 Å². The van der Waals surface area contributed by atoms with E-state index in [1.54, 1.807) is 31.3 Å². The van der Waals surface area contributed by atoms with Crippen LogP contribution in [0.4, 0.5) is 11.4 Å². The molecular weight excluding hydrogens is 194 g/mol. The van der Waals surface area contributed by atoms with Gasteiger partial charge < -0.3 is 11.1 Å². The number of nitrogens with two attached hydrogens (primary N) is 1. The third kappa shape index (κ3) is 2.78. The van der Waals surface area contributed by atoms with Crippen molar-refractivity contribution in [1.29, 1.82) is 0 Å². The molecule has 0 heterocycles. The molecule has 3 N–H and O–H groups in total. The molecule has 5 heteroatoms. The number of nitrogens with one attached hydrogen (secondary N) is 1. The van der Waals surface area contributed by atoms with Crippen LogP contribution in [0.1, 0.15) is 5.56 Å². The molecule has 1 aromatic carbocycles. The van der Waals surface area contributed by atoms with E-state index in [1.807, 2.05) is 0 Å². The summed E-state index contributed by atoms with van der Waals surface area (Å²) in [5.41, 5.74) is 6.64. The van der Waals surface area contributed by atoms with Gasteiger partial charge in [0.25, 0.3) is 5.69 Å². The van der Waals surface area contributed by atoms with Crippen LogP contribution in [0.5, 0.6) is 0 Å². The quantitative estimate of drug-likeness (QED) is 0.580. The second kappa shape index (κ2) is 5.11. The standard InChI is InChI=1S/C10H13N3O2/c1-12-9-5-4-8(3-2-6-11)7-10(9)13(14)15/h2-5,7,12H,6,11H2,1H3. The topological polar surface area (TPSA) is 81.2 Å². The molecule has 0 aliphatic heterocycles. The van der Waals surface area contributed by atoms with Gasteiger partial charge >= 0.3 is 0 Å². The van der Waals surface area contributed by atoms with Gasteiger partial charge in [-0.1, -0.05) is 18.2 Å². The minimum atomic E-state index is -0.411. The monoisotopic (exact) mass is 207 g/mol. The number of benzene rings is 1. The summed E-state index contributed by atoms with van der Waals surface area (Å²) in [4.78, 5) is 10.3. The van der Waals surface area contributed by atoms with Crippen molar-refractivity contribution < 1.29 is 4.92 Å². The van der Waals surface area contributed by atoms with E-state index in [9.17, 15) is 10.1 Å². The SMILES string of the molecule is CNc1ccc(C=CCN)cc1[N+](=O)[O-]. The van der Waals surface area contributed by atoms with E-state index in [2.05, 4.69) is 5.32 Å². The Morgan fingerprint density at radius 1 is 1.60 bits per heavy atom. The smallest absolute Gasteiger partial charge is 0.292 e. The van der Waals surface area contributed by atoms with Crippen molar-refractivity contribution in [2.45, 2.75) is 0 Å². The summed E-state index contributed by atoms with van der Waals surface area (Å²) in [6.07, 6.45) is 3.50. The Balaban J connectivity index is 3.10. The zero-order valence-electron chi connectivity index (χ0n) is 8.43. The van der Waals surface area contributed by atoms with Crippen molar-refractivity contribution in [2.24, 2.45) is 5.73 Å². The number of nitrogens with zero attached hydrogens (tertiary/aromatic N) is 1. The molecule has 0 atom stereocenters. The van der Waals surface area contributed by atoms with Crippen molar-refractivity contribution >= 4 is 17.5 Å². The lowest BCUT2D eigenvalue weighted by atomic mass is 10.1. The summed E-state index contributed by atoms with van der Waals surface area (Å²) >= 11 is 0. The molecular formula is C10H13N3O2. The highest BCUT2D eigenvalue weighted by molar-refractivity contribution is 5.66. The molecule has 0 radical (unpaired) electrons. The van der Waals surface area contributed by atoms with Gasteiger partial charge in [0.15, 0.2) is 0 Å². The molecule has 80 valence electrons. The molecule has 0 aliphatic carbocycles. The van der Waals surface area contributed by atoms with E-state index in [4.69, 9.17) is 5.73 Å². The lowest BCUT2D eigenvalue weighted by Gasteiger charge is -2.02. The van der Waals surface area contributed by atoms with Gasteiger partial charge in [0.05, 0.1) is 4.92 Å². The van der Waals surface area contributed by atoms with Crippen LogP contribution in [-0.2, 0) is 0 Å². The fraction of sp³-hybridized carbons (Fsp3) is 0.200. The molecule has 0 bridgehead atoms. The Hall–Kier alpha value is -1.88. The minimum Gasteiger partial charge on any atom is -0.383 e. The number of hydrogen-bond donors (Lipinski definition) is 2. The number of nitro groups is 1. The maximum Gasteiger partial charge on any atom is 0.292 e. The van der Waals surface area contributed by atoms with Gasteiger partial charge in [0, 0.05) is 19.7 Å². The fourth-order valence-corrected chi connectivity index (χ4v) is 1.22. The van der Waals surface area contributed by atoms with Gasteiger partial charge in [-0.05, 0) is 11.6 Å². The van der Waals surface area contributed by atoms with Crippen LogP contribution >= 0.6 is 0 Å². The number of rotatable bonds is 4. The Bertz CT molecular complexity index is 388. The van der Waals surface area contributed by atoms with E-state index < -0.39 is 4.92 Å². The minimum absolute atomic E-state index is 0.0664. The van der Waals surface area contributed by atoms with Crippen LogP contribution in [0.3, 0.4) is 0 Å². The second-order valence-corrected chi connectivity index (χ2v) is 2.92. The predicted molar refractivity (Wildman–Crippen MR) is 60.7 cm³/mol. The Morgan fingerprint density at radius 3 is 2.87 bits per heavy atom. The number of hydrogen-bond acceptors (Lipinski definition) is 4. The van der Waals surface area contributed by atoms with Gasteiger partial charge in [-0.25, -0.2) is 0 Å². The van der Waals surface area contributed by atoms with E-state index in [0.29, 0.717) is 12.2 Å². The fourth-order valence-electron chi connectivity index (χ4n) is 1.22. The van der Waals surface area contributed by atoms with Crippen molar-refractivity contribution in [3.8, 4) is 0 Å². The summed E-state index contributed by atoms with van der Waals surface area (Å²) in [5.74, 6) is 0. The van der Waals surface area contributed by atoms with Gasteiger partial charge in [-0.15, -0.1) is 0 Å². The summed E-state index contributed by atoms with van der Waals surface area (Å²) in [6, 6.07) is 4.98. The summed E-state index contributed by atoms with van der Waals surface area (Å²) in [6.45, 7) is 0.418. The average molecular weight is 207 g/mol. The lowest BCUT2D eigenvalue weighted by Crippen LogP contribution is -1.97. The zero-order chi connectivity index (χ0) is 11.3. The Kier molecular flexibility index (Phi) is 3.82. The highest BCUT2D eigenvalue weighted by atomic mass is 16.6. The first-order valence-electron chi connectivity index (χ1n) is 4.52. The highest BCUT2D eigenvalue weighted by Gasteiger charge is 2.11. The molecule has 0 spiro atoms. The van der Waals surface area contributed by atoms with Crippen LogP contribution in [-0.4, -0.2) is 18.5 Å². The van der Waals surface area contributed by atoms with Crippen molar-refractivity contribution in [2.75, 3.05) is 18.9 Å². The molecule has 15 heavy (non-hydrogen) atoms. The Labute approximate surface area is 87.7 Å². The summed E-state index contributed by atoms with van der Waals surface area (Å²) in [5, 5.41) is 13.5. The van der Waals surface area contributed by atoms with Gasteiger partial charge in [0.2, 0.25) is 0 Å². The first kappa shape index (κ1) is 11.2. The third-order valence-corrected chi connectivity index (χ3v) is 1.93. The molecule has 0 saturated heterocycles. The van der Waals surface area contributed by atoms with Crippen molar-refractivity contribution in [3.63, 3.8) is 0 Å². The first-order valence-corrected chi connectivity index (χ1v) is 4.52. The van der Waals surface area contributed by atoms with Crippen LogP contribution in [0.15, 0.2) is 24.3 Å². The van der Waals surface area contributed by atoms with Gasteiger partial charge in [-0.2, -0.15) is 0 Å². The maximum absolute atomic E-state index is 10.7. The van der Waals surface area contributed by atoms with Crippen LogP contribution in [0.2, 0.25) is 0 Å². The maximum atomic E-state index is 10.7. The molecule has 1 rings (SSSR count). The molecule has 1 aromatic rings. The number of nitro benzene ring substituents is 1. The molecule has 0 amide bonds. The number of anilines is 1. The van der Waals surface area contributed by atoms with Gasteiger partial charge in [0.1, 0.15) is 5.69 Å². The predicted octanol–water partition coefficient (Wildman–Crippen LogP) is 1.61. The van der Waals surface area contributed by atoms with Crippen LogP contribution < -0.4 is 11.1 Å². The highest BCUT2D eigenvalue weighted by Crippen LogP contribution is 2.25. The van der Waals surface area contributed by atoms with Crippen molar-refractivity contribution in [1.82, 2.24) is 0 Å².